The monoisotopic (exact) mass is 248 g/mol. The van der Waals surface area contributed by atoms with Gasteiger partial charge in [0.2, 0.25) is 0 Å². The summed E-state index contributed by atoms with van der Waals surface area (Å²) in [5.74, 6) is 1.08. The Bertz CT molecular complexity index is 284. The number of hydrogen-bond acceptors (Lipinski definition) is 2. The van der Waals surface area contributed by atoms with Crippen molar-refractivity contribution in [2.75, 3.05) is 18.5 Å². The van der Waals surface area contributed by atoms with Gasteiger partial charge in [-0.25, -0.2) is 4.98 Å². The number of rotatable bonds is 10. The van der Waals surface area contributed by atoms with Crippen molar-refractivity contribution in [1.82, 2.24) is 4.98 Å². The lowest BCUT2D eigenvalue weighted by molar-refractivity contribution is 0.575. The number of anilines is 1. The van der Waals surface area contributed by atoms with Gasteiger partial charge in [0.05, 0.1) is 0 Å². The lowest BCUT2D eigenvalue weighted by Crippen LogP contribution is -2.19. The molecule has 0 saturated carbocycles. The van der Waals surface area contributed by atoms with Crippen LogP contribution < -0.4 is 4.90 Å². The average Bonchev–Trinajstić information content (AvgIpc) is 2.42. The van der Waals surface area contributed by atoms with Crippen molar-refractivity contribution in [2.45, 2.75) is 58.3 Å². The van der Waals surface area contributed by atoms with E-state index in [9.17, 15) is 0 Å². The molecular weight excluding hydrogens is 220 g/mol. The first kappa shape index (κ1) is 15.0. The van der Waals surface area contributed by atoms with E-state index in [0.29, 0.717) is 0 Å². The molecule has 0 spiro atoms. The summed E-state index contributed by atoms with van der Waals surface area (Å²) >= 11 is 0. The summed E-state index contributed by atoms with van der Waals surface area (Å²) in [6.07, 6.45) is 12.9. The van der Waals surface area contributed by atoms with Crippen LogP contribution in [0.2, 0.25) is 0 Å². The Balaban J connectivity index is 1.98. The van der Waals surface area contributed by atoms with Gasteiger partial charge < -0.3 is 4.90 Å². The van der Waals surface area contributed by atoms with E-state index in [2.05, 4.69) is 29.9 Å². The van der Waals surface area contributed by atoms with E-state index < -0.39 is 0 Å². The Morgan fingerprint density at radius 1 is 0.944 bits per heavy atom. The zero-order valence-electron chi connectivity index (χ0n) is 12.1. The third-order valence-corrected chi connectivity index (χ3v) is 3.39. The van der Waals surface area contributed by atoms with E-state index in [1.807, 2.05) is 18.3 Å². The maximum Gasteiger partial charge on any atom is 0.128 e. The molecule has 0 radical (unpaired) electrons. The van der Waals surface area contributed by atoms with Gasteiger partial charge in [0.25, 0.3) is 0 Å². The summed E-state index contributed by atoms with van der Waals surface area (Å²) in [4.78, 5) is 6.60. The fraction of sp³-hybridized carbons (Fsp3) is 0.688. The molecular formula is C16H28N2. The highest BCUT2D eigenvalue weighted by molar-refractivity contribution is 5.35. The van der Waals surface area contributed by atoms with Crippen molar-refractivity contribution in [1.29, 1.82) is 0 Å². The molecule has 0 aliphatic carbocycles. The Morgan fingerprint density at radius 3 is 2.22 bits per heavy atom. The maximum absolute atomic E-state index is 4.35. The van der Waals surface area contributed by atoms with Gasteiger partial charge in [-0.3, -0.25) is 0 Å². The highest BCUT2D eigenvalue weighted by Gasteiger charge is 2.00. The van der Waals surface area contributed by atoms with E-state index in [1.165, 1.54) is 51.4 Å². The highest BCUT2D eigenvalue weighted by Crippen LogP contribution is 2.11. The normalized spacial score (nSPS) is 10.6. The minimum absolute atomic E-state index is 1.08. The molecule has 2 heteroatoms. The molecule has 0 unspecified atom stereocenters. The average molecular weight is 248 g/mol. The molecule has 1 aromatic rings. The Morgan fingerprint density at radius 2 is 1.61 bits per heavy atom. The van der Waals surface area contributed by atoms with Gasteiger partial charge in [-0.2, -0.15) is 0 Å². The first-order chi connectivity index (χ1) is 8.84. The topological polar surface area (TPSA) is 16.1 Å². The second-order valence-electron chi connectivity index (χ2n) is 5.08. The lowest BCUT2D eigenvalue weighted by atomic mass is 10.1. The van der Waals surface area contributed by atoms with Gasteiger partial charge in [0.15, 0.2) is 0 Å². The Labute approximate surface area is 112 Å². The van der Waals surface area contributed by atoms with Gasteiger partial charge in [-0.15, -0.1) is 0 Å². The first-order valence-electron chi connectivity index (χ1n) is 7.46. The molecule has 0 N–H and O–H groups in total. The van der Waals surface area contributed by atoms with Crippen LogP contribution in [0.5, 0.6) is 0 Å². The number of unbranched alkanes of at least 4 members (excludes halogenated alkanes) is 7. The van der Waals surface area contributed by atoms with Crippen molar-refractivity contribution in [2.24, 2.45) is 0 Å². The van der Waals surface area contributed by atoms with E-state index in [4.69, 9.17) is 0 Å². The van der Waals surface area contributed by atoms with Gasteiger partial charge in [-0.1, -0.05) is 57.9 Å². The second-order valence-corrected chi connectivity index (χ2v) is 5.08. The minimum Gasteiger partial charge on any atom is -0.360 e. The minimum atomic E-state index is 1.08. The van der Waals surface area contributed by atoms with Crippen LogP contribution in [0.25, 0.3) is 0 Å². The predicted octanol–water partition coefficient (Wildman–Crippen LogP) is 4.66. The van der Waals surface area contributed by atoms with Crippen LogP contribution in [-0.2, 0) is 0 Å². The highest BCUT2D eigenvalue weighted by atomic mass is 15.2. The van der Waals surface area contributed by atoms with E-state index in [-0.39, 0.29) is 0 Å². The fourth-order valence-corrected chi connectivity index (χ4v) is 2.18. The number of pyridine rings is 1. The SMILES string of the molecule is CCCCCCCCCCN(C)c1ccccn1. The molecule has 0 bridgehead atoms. The van der Waals surface area contributed by atoms with Gasteiger partial charge in [0, 0.05) is 19.8 Å². The first-order valence-corrected chi connectivity index (χ1v) is 7.46. The number of aromatic nitrogens is 1. The largest absolute Gasteiger partial charge is 0.360 e. The third-order valence-electron chi connectivity index (χ3n) is 3.39. The van der Waals surface area contributed by atoms with Crippen molar-refractivity contribution in [3.05, 3.63) is 24.4 Å². The van der Waals surface area contributed by atoms with Gasteiger partial charge in [-0.05, 0) is 18.6 Å². The molecule has 0 saturated heterocycles. The van der Waals surface area contributed by atoms with Crippen LogP contribution in [0.4, 0.5) is 5.82 Å². The van der Waals surface area contributed by atoms with Crippen LogP contribution in [-0.4, -0.2) is 18.6 Å². The molecule has 0 aromatic carbocycles. The van der Waals surface area contributed by atoms with Crippen LogP contribution in [0.1, 0.15) is 58.3 Å². The van der Waals surface area contributed by atoms with E-state index in [1.54, 1.807) is 0 Å². The van der Waals surface area contributed by atoms with Crippen LogP contribution in [0.3, 0.4) is 0 Å². The summed E-state index contributed by atoms with van der Waals surface area (Å²) in [7, 11) is 2.13. The number of hydrogen-bond donors (Lipinski definition) is 0. The quantitative estimate of drug-likeness (QED) is 0.560. The number of nitrogens with zero attached hydrogens (tertiary/aromatic N) is 2. The molecule has 0 aliphatic rings. The molecule has 0 amide bonds. The molecule has 102 valence electrons. The predicted molar refractivity (Wildman–Crippen MR) is 80.1 cm³/mol. The summed E-state index contributed by atoms with van der Waals surface area (Å²) in [6, 6.07) is 6.09. The third kappa shape index (κ3) is 6.63. The van der Waals surface area contributed by atoms with Crippen LogP contribution in [0, 0.1) is 0 Å². The van der Waals surface area contributed by atoms with E-state index >= 15 is 0 Å². The molecule has 1 aromatic heterocycles. The van der Waals surface area contributed by atoms with Crippen molar-refractivity contribution < 1.29 is 0 Å². The molecule has 1 heterocycles. The zero-order valence-corrected chi connectivity index (χ0v) is 12.1. The van der Waals surface area contributed by atoms with Crippen LogP contribution in [0.15, 0.2) is 24.4 Å². The summed E-state index contributed by atoms with van der Waals surface area (Å²) in [5, 5.41) is 0. The summed E-state index contributed by atoms with van der Waals surface area (Å²) in [5.41, 5.74) is 0. The molecule has 18 heavy (non-hydrogen) atoms. The molecule has 0 atom stereocenters. The maximum atomic E-state index is 4.35. The van der Waals surface area contributed by atoms with E-state index in [0.717, 1.165) is 12.4 Å². The zero-order chi connectivity index (χ0) is 13.1. The van der Waals surface area contributed by atoms with Crippen LogP contribution >= 0.6 is 0 Å². The Hall–Kier alpha value is -1.05. The molecule has 2 nitrogen and oxygen atoms in total. The van der Waals surface area contributed by atoms with Crippen molar-refractivity contribution in [3.8, 4) is 0 Å². The molecule has 0 aliphatic heterocycles. The van der Waals surface area contributed by atoms with Gasteiger partial charge in [0.1, 0.15) is 5.82 Å². The standard InChI is InChI=1S/C16H28N2/c1-3-4-5-6-7-8-9-12-15-18(2)16-13-10-11-14-17-16/h10-11,13-14H,3-9,12,15H2,1-2H3. The van der Waals surface area contributed by atoms with Crippen molar-refractivity contribution >= 4 is 5.82 Å². The second kappa shape index (κ2) is 9.93. The summed E-state index contributed by atoms with van der Waals surface area (Å²) in [6.45, 7) is 3.39. The fourth-order valence-electron chi connectivity index (χ4n) is 2.18. The smallest absolute Gasteiger partial charge is 0.128 e. The molecule has 1 rings (SSSR count). The van der Waals surface area contributed by atoms with Crippen molar-refractivity contribution in [3.63, 3.8) is 0 Å². The lowest BCUT2D eigenvalue weighted by Gasteiger charge is -2.17. The Kier molecular flexibility index (Phi) is 8.28. The molecule has 0 fully saturated rings. The summed E-state index contributed by atoms with van der Waals surface area (Å²) < 4.78 is 0. The van der Waals surface area contributed by atoms with Gasteiger partial charge >= 0.3 is 0 Å².